The van der Waals surface area contributed by atoms with Gasteiger partial charge in [-0.15, -0.1) is 0 Å². The number of amides is 1. The van der Waals surface area contributed by atoms with Crippen molar-refractivity contribution in [3.63, 3.8) is 0 Å². The normalized spacial score (nSPS) is 15.5. The van der Waals surface area contributed by atoms with Gasteiger partial charge in [-0.2, -0.15) is 0 Å². The average Bonchev–Trinajstić information content (AvgIpc) is 2.93. The van der Waals surface area contributed by atoms with Crippen LogP contribution in [0.3, 0.4) is 0 Å². The molecule has 1 amide bonds. The summed E-state index contributed by atoms with van der Waals surface area (Å²) in [6.45, 7) is 2.07. The molecule has 3 rings (SSSR count). The highest BCUT2D eigenvalue weighted by atomic mass is 35.5. The number of esters is 1. The van der Waals surface area contributed by atoms with Gasteiger partial charge in [0.1, 0.15) is 5.82 Å². The first kappa shape index (κ1) is 19.8. The fourth-order valence-corrected chi connectivity index (χ4v) is 3.39. The van der Waals surface area contributed by atoms with Gasteiger partial charge in [0.15, 0.2) is 0 Å². The Balaban J connectivity index is 1.99. The van der Waals surface area contributed by atoms with E-state index in [1.54, 1.807) is 6.92 Å². The summed E-state index contributed by atoms with van der Waals surface area (Å²) in [6, 6.07) is 14.0. The highest BCUT2D eigenvalue weighted by Crippen LogP contribution is 2.33. The minimum absolute atomic E-state index is 0.0617. The molecule has 0 saturated carbocycles. The van der Waals surface area contributed by atoms with Crippen molar-refractivity contribution >= 4 is 29.6 Å². The third kappa shape index (κ3) is 3.85. The van der Waals surface area contributed by atoms with Crippen LogP contribution >= 0.6 is 11.6 Å². The number of hydrogen-bond acceptors (Lipinski definition) is 3. The first-order valence-corrected chi connectivity index (χ1v) is 9.13. The first-order chi connectivity index (χ1) is 13.4. The van der Waals surface area contributed by atoms with Crippen LogP contribution in [0.2, 0.25) is 5.02 Å². The zero-order valence-corrected chi connectivity index (χ0v) is 16.3. The molecule has 0 aliphatic carbocycles. The van der Waals surface area contributed by atoms with Crippen LogP contribution in [0.4, 0.5) is 4.39 Å². The van der Waals surface area contributed by atoms with Gasteiger partial charge in [0.2, 0.25) is 0 Å². The molecule has 1 aliphatic rings. The van der Waals surface area contributed by atoms with Crippen LogP contribution in [-0.4, -0.2) is 30.4 Å². The molecule has 0 radical (unpaired) electrons. The molecular weight excluding hydrogens is 381 g/mol. The molecule has 0 aromatic heterocycles. The molecule has 0 bridgehead atoms. The highest BCUT2D eigenvalue weighted by molar-refractivity contribution is 6.32. The van der Waals surface area contributed by atoms with Crippen LogP contribution in [0.25, 0.3) is 6.08 Å². The van der Waals surface area contributed by atoms with Crippen molar-refractivity contribution in [3.8, 4) is 0 Å². The summed E-state index contributed by atoms with van der Waals surface area (Å²) in [5.41, 5.74) is 1.81. The predicted molar refractivity (Wildman–Crippen MR) is 106 cm³/mol. The van der Waals surface area contributed by atoms with Crippen molar-refractivity contribution < 1.29 is 18.7 Å². The molecule has 0 unspecified atom stereocenters. The number of methoxy groups -OCH3 is 1. The molecule has 2 aromatic rings. The van der Waals surface area contributed by atoms with Gasteiger partial charge in [-0.3, -0.25) is 4.79 Å². The summed E-state index contributed by atoms with van der Waals surface area (Å²) < 4.78 is 19.1. The van der Waals surface area contributed by atoms with Gasteiger partial charge in [-0.1, -0.05) is 48.0 Å². The molecule has 6 heteroatoms. The molecule has 144 valence electrons. The van der Waals surface area contributed by atoms with Crippen molar-refractivity contribution in [1.29, 1.82) is 0 Å². The molecule has 2 aromatic carbocycles. The quantitative estimate of drug-likeness (QED) is 0.553. The minimum atomic E-state index is -0.647. The molecule has 0 atom stereocenters. The van der Waals surface area contributed by atoms with Gasteiger partial charge in [0.25, 0.3) is 5.91 Å². The molecule has 1 aliphatic heterocycles. The number of carbonyl (C=O) groups is 2. The van der Waals surface area contributed by atoms with E-state index in [9.17, 15) is 14.0 Å². The fourth-order valence-electron chi connectivity index (χ4n) is 3.18. The Hall–Kier alpha value is -2.92. The largest absolute Gasteiger partial charge is 0.465 e. The van der Waals surface area contributed by atoms with Crippen molar-refractivity contribution in [2.75, 3.05) is 13.7 Å². The second-order valence-corrected chi connectivity index (χ2v) is 6.74. The van der Waals surface area contributed by atoms with Crippen molar-refractivity contribution in [1.82, 2.24) is 4.90 Å². The number of allylic oxidation sites excluding steroid dienone is 1. The summed E-state index contributed by atoms with van der Waals surface area (Å²) in [5.74, 6) is -1.60. The van der Waals surface area contributed by atoms with Crippen LogP contribution in [0.15, 0.2) is 65.4 Å². The molecule has 0 fully saturated rings. The molecule has 1 heterocycles. The molecule has 0 spiro atoms. The molecule has 0 saturated heterocycles. The first-order valence-electron chi connectivity index (χ1n) is 8.75. The average molecular weight is 400 g/mol. The maximum Gasteiger partial charge on any atom is 0.340 e. The fraction of sp³-hybridized carbons (Fsp3) is 0.182. The zero-order valence-electron chi connectivity index (χ0n) is 15.5. The molecule has 28 heavy (non-hydrogen) atoms. The van der Waals surface area contributed by atoms with Gasteiger partial charge >= 0.3 is 5.97 Å². The topological polar surface area (TPSA) is 46.6 Å². The number of nitrogens with zero attached hydrogens (tertiary/aromatic N) is 1. The molecular formula is C22H19ClFNO3. The zero-order chi connectivity index (χ0) is 20.3. The SMILES string of the molecule is COC(=O)C1=C(C)N(CCc2ccccc2)C(=O)C1=Cc1c(F)cccc1Cl. The lowest BCUT2D eigenvalue weighted by Gasteiger charge is -2.17. The smallest absolute Gasteiger partial charge is 0.340 e. The Morgan fingerprint density at radius 3 is 2.54 bits per heavy atom. The van der Waals surface area contributed by atoms with Crippen LogP contribution in [0.5, 0.6) is 0 Å². The third-order valence-corrected chi connectivity index (χ3v) is 4.99. The van der Waals surface area contributed by atoms with E-state index in [0.717, 1.165) is 5.56 Å². The van der Waals surface area contributed by atoms with Crippen LogP contribution in [-0.2, 0) is 20.7 Å². The van der Waals surface area contributed by atoms with Crippen molar-refractivity contribution in [3.05, 3.63) is 87.3 Å². The summed E-state index contributed by atoms with van der Waals surface area (Å²) in [5, 5.41) is 0.157. The van der Waals surface area contributed by atoms with Crippen molar-refractivity contribution in [2.24, 2.45) is 0 Å². The maximum atomic E-state index is 14.2. The summed E-state index contributed by atoms with van der Waals surface area (Å²) in [6.07, 6.45) is 1.93. The predicted octanol–water partition coefficient (Wildman–Crippen LogP) is 4.39. The van der Waals surface area contributed by atoms with Gasteiger partial charge < -0.3 is 9.64 Å². The van der Waals surface area contributed by atoms with E-state index < -0.39 is 11.8 Å². The summed E-state index contributed by atoms with van der Waals surface area (Å²) in [4.78, 5) is 26.9. The van der Waals surface area contributed by atoms with E-state index in [4.69, 9.17) is 16.3 Å². The third-order valence-electron chi connectivity index (χ3n) is 4.66. The number of halogens is 2. The van der Waals surface area contributed by atoms with E-state index in [2.05, 4.69) is 0 Å². The molecule has 4 nitrogen and oxygen atoms in total. The Bertz CT molecular complexity index is 962. The monoisotopic (exact) mass is 399 g/mol. The number of rotatable bonds is 5. The van der Waals surface area contributed by atoms with Crippen LogP contribution < -0.4 is 0 Å². The Morgan fingerprint density at radius 2 is 1.89 bits per heavy atom. The highest BCUT2D eigenvalue weighted by Gasteiger charge is 2.37. The Morgan fingerprint density at radius 1 is 1.18 bits per heavy atom. The van der Waals surface area contributed by atoms with Gasteiger partial charge in [-0.05, 0) is 37.1 Å². The molecule has 0 N–H and O–H groups in total. The number of benzene rings is 2. The Labute approximate surface area is 167 Å². The lowest BCUT2D eigenvalue weighted by molar-refractivity contribution is -0.136. The van der Waals surface area contributed by atoms with Crippen LogP contribution in [0.1, 0.15) is 18.1 Å². The number of carbonyl (C=O) groups excluding carboxylic acids is 2. The summed E-state index contributed by atoms with van der Waals surface area (Å²) in [7, 11) is 1.24. The van der Waals surface area contributed by atoms with Gasteiger partial charge in [0.05, 0.1) is 23.3 Å². The lowest BCUT2D eigenvalue weighted by Crippen LogP contribution is -2.27. The van der Waals surface area contributed by atoms with E-state index in [1.807, 2.05) is 30.3 Å². The van der Waals surface area contributed by atoms with E-state index in [1.165, 1.54) is 36.3 Å². The van der Waals surface area contributed by atoms with E-state index in [0.29, 0.717) is 18.7 Å². The number of ether oxygens (including phenoxy) is 1. The second kappa shape index (κ2) is 8.40. The van der Waals surface area contributed by atoms with Gasteiger partial charge in [-0.25, -0.2) is 9.18 Å². The van der Waals surface area contributed by atoms with Crippen molar-refractivity contribution in [2.45, 2.75) is 13.3 Å². The summed E-state index contributed by atoms with van der Waals surface area (Å²) >= 11 is 6.09. The van der Waals surface area contributed by atoms with Crippen LogP contribution in [0, 0.1) is 5.82 Å². The number of hydrogen-bond donors (Lipinski definition) is 0. The lowest BCUT2D eigenvalue weighted by atomic mass is 10.0. The second-order valence-electron chi connectivity index (χ2n) is 6.34. The standard InChI is InChI=1S/C22H19ClFNO3/c1-14-20(22(27)28-2)17(13-16-18(23)9-6-10-19(16)24)21(26)25(14)12-11-15-7-4-3-5-8-15/h3-10,13H,11-12H2,1-2H3. The van der Waals surface area contributed by atoms with Gasteiger partial charge in [0, 0.05) is 17.8 Å². The maximum absolute atomic E-state index is 14.2. The van der Waals surface area contributed by atoms with E-state index in [-0.39, 0.29) is 27.6 Å². The minimum Gasteiger partial charge on any atom is -0.465 e. The Kier molecular flexibility index (Phi) is 5.95. The van der Waals surface area contributed by atoms with E-state index >= 15 is 0 Å².